The van der Waals surface area contributed by atoms with Crippen LogP contribution in [0.4, 0.5) is 0 Å². The van der Waals surface area contributed by atoms with E-state index in [4.69, 9.17) is 9.51 Å². The molecule has 0 fully saturated rings. The lowest BCUT2D eigenvalue weighted by molar-refractivity contribution is 0.129. The second-order valence-electron chi connectivity index (χ2n) is 6.72. The van der Waals surface area contributed by atoms with Gasteiger partial charge in [0.2, 0.25) is 0 Å². The molecule has 0 spiro atoms. The van der Waals surface area contributed by atoms with Crippen LogP contribution in [0, 0.1) is 18.3 Å². The quantitative estimate of drug-likeness (QED) is 0.377. The Morgan fingerprint density at radius 1 is 1.41 bits per heavy atom. The Kier molecular flexibility index (Phi) is 10.7. The van der Waals surface area contributed by atoms with Crippen molar-refractivity contribution >= 4 is 13.4 Å². The summed E-state index contributed by atoms with van der Waals surface area (Å²) in [5.74, 6) is 0.425. The normalized spacial score (nSPS) is 14.8. The highest BCUT2D eigenvalue weighted by Crippen LogP contribution is 2.47. The molecule has 32 heavy (non-hydrogen) atoms. The van der Waals surface area contributed by atoms with Crippen molar-refractivity contribution in [2.24, 2.45) is 0 Å². The first-order valence-corrected chi connectivity index (χ1v) is 12.0. The zero-order valence-corrected chi connectivity index (χ0v) is 21.0. The lowest BCUT2D eigenvalue weighted by atomic mass is 10.0. The molecular weight excluding hydrogens is 427 g/mol. The van der Waals surface area contributed by atoms with Gasteiger partial charge in [0.25, 0.3) is 0 Å². The molecule has 174 valence electrons. The Hall–Kier alpha value is -2.56. The second-order valence-corrected chi connectivity index (χ2v) is 8.23. The summed E-state index contributed by atoms with van der Waals surface area (Å²) < 4.78 is 23.3. The maximum absolute atomic E-state index is 11.9. The fourth-order valence-electron chi connectivity index (χ4n) is 3.17. The number of allylic oxidation sites excluding steroid dienone is 4. The van der Waals surface area contributed by atoms with Gasteiger partial charge < -0.3 is 4.89 Å². The van der Waals surface area contributed by atoms with Crippen molar-refractivity contribution in [2.75, 3.05) is 7.11 Å². The van der Waals surface area contributed by atoms with Crippen molar-refractivity contribution in [3.05, 3.63) is 58.6 Å². The van der Waals surface area contributed by atoms with E-state index in [0.717, 1.165) is 30.4 Å². The number of phosphoric acid groups is 1. The number of nitrogens with zero attached hydrogens (tertiary/aromatic N) is 4. The van der Waals surface area contributed by atoms with Crippen molar-refractivity contribution in [1.29, 1.82) is 5.26 Å². The van der Waals surface area contributed by atoms with Crippen LogP contribution in [0.5, 0.6) is 0 Å². The van der Waals surface area contributed by atoms with E-state index in [-0.39, 0.29) is 5.69 Å². The van der Waals surface area contributed by atoms with Gasteiger partial charge in [-0.2, -0.15) is 10.4 Å². The smallest absolute Gasteiger partial charge is 0.302 e. The van der Waals surface area contributed by atoms with Gasteiger partial charge in [0, 0.05) is 18.4 Å². The third-order valence-corrected chi connectivity index (χ3v) is 5.67. The highest BCUT2D eigenvalue weighted by atomic mass is 31.2. The number of rotatable bonds is 8. The van der Waals surface area contributed by atoms with Crippen LogP contribution in [0.25, 0.3) is 11.4 Å². The monoisotopic (exact) mass is 460 g/mol. The molecule has 2 unspecified atom stereocenters. The number of phosphoric ester groups is 1. The average Bonchev–Trinajstić information content (AvgIpc) is 3.16. The van der Waals surface area contributed by atoms with Crippen molar-refractivity contribution in [2.45, 2.75) is 61.0 Å². The first-order valence-electron chi connectivity index (χ1n) is 10.5. The van der Waals surface area contributed by atoms with Gasteiger partial charge in [-0.1, -0.05) is 39.0 Å². The SMILES string of the molecule is C/C=C\C(C)=C(\CC)c1ccc(C(C)OP(=O)(O)OC)c(-n2nc(C#N)cc2C)n1.CC. The van der Waals surface area contributed by atoms with E-state index < -0.39 is 13.9 Å². The minimum absolute atomic E-state index is 0.250. The Labute approximate surface area is 190 Å². The summed E-state index contributed by atoms with van der Waals surface area (Å²) in [6, 6.07) is 7.32. The molecular formula is C23H33N4O4P. The molecule has 0 aliphatic carbocycles. The molecule has 1 N–H and O–H groups in total. The van der Waals surface area contributed by atoms with E-state index in [1.807, 2.05) is 58.9 Å². The van der Waals surface area contributed by atoms with E-state index in [1.54, 1.807) is 23.7 Å². The summed E-state index contributed by atoms with van der Waals surface area (Å²) >= 11 is 0. The van der Waals surface area contributed by atoms with Crippen LogP contribution in [0.2, 0.25) is 0 Å². The van der Waals surface area contributed by atoms with Crippen molar-refractivity contribution in [3.8, 4) is 11.9 Å². The summed E-state index contributed by atoms with van der Waals surface area (Å²) in [6.07, 6.45) is 3.95. The van der Waals surface area contributed by atoms with Crippen LogP contribution >= 0.6 is 7.82 Å². The minimum Gasteiger partial charge on any atom is -0.302 e. The van der Waals surface area contributed by atoms with Crippen molar-refractivity contribution in [1.82, 2.24) is 14.8 Å². The molecule has 2 heterocycles. The van der Waals surface area contributed by atoms with Gasteiger partial charge in [0.1, 0.15) is 6.07 Å². The highest BCUT2D eigenvalue weighted by molar-refractivity contribution is 7.47. The third-order valence-electron chi connectivity index (χ3n) is 4.62. The van der Waals surface area contributed by atoms with E-state index >= 15 is 0 Å². The van der Waals surface area contributed by atoms with Gasteiger partial charge in [-0.25, -0.2) is 14.2 Å². The molecule has 0 amide bonds. The third kappa shape index (κ3) is 6.72. The van der Waals surface area contributed by atoms with Crippen LogP contribution < -0.4 is 0 Å². The Morgan fingerprint density at radius 3 is 2.56 bits per heavy atom. The van der Waals surface area contributed by atoms with E-state index in [0.29, 0.717) is 17.1 Å². The zero-order valence-electron chi connectivity index (χ0n) is 20.1. The summed E-state index contributed by atoms with van der Waals surface area (Å²) in [5, 5.41) is 13.5. The Morgan fingerprint density at radius 2 is 2.06 bits per heavy atom. The lowest BCUT2D eigenvalue weighted by Gasteiger charge is -2.20. The van der Waals surface area contributed by atoms with Gasteiger partial charge in [0.05, 0.1) is 11.8 Å². The van der Waals surface area contributed by atoms with Crippen molar-refractivity contribution < 1.29 is 18.5 Å². The van der Waals surface area contributed by atoms with E-state index in [1.165, 1.54) is 0 Å². The maximum atomic E-state index is 11.9. The minimum atomic E-state index is -4.21. The van der Waals surface area contributed by atoms with Gasteiger partial charge in [-0.05, 0) is 57.4 Å². The summed E-state index contributed by atoms with van der Waals surface area (Å²) in [4.78, 5) is 14.5. The fourth-order valence-corrected chi connectivity index (χ4v) is 3.77. The average molecular weight is 461 g/mol. The predicted octanol–water partition coefficient (Wildman–Crippen LogP) is 6.06. The highest BCUT2D eigenvalue weighted by Gasteiger charge is 2.27. The van der Waals surface area contributed by atoms with Crippen LogP contribution in [-0.4, -0.2) is 26.8 Å². The molecule has 0 aromatic carbocycles. The molecule has 9 heteroatoms. The van der Waals surface area contributed by atoms with E-state index in [9.17, 15) is 14.7 Å². The molecule has 0 saturated carbocycles. The second kappa shape index (κ2) is 12.5. The van der Waals surface area contributed by atoms with Gasteiger partial charge in [-0.15, -0.1) is 0 Å². The van der Waals surface area contributed by atoms with E-state index in [2.05, 4.69) is 16.5 Å². The van der Waals surface area contributed by atoms with Crippen molar-refractivity contribution in [3.63, 3.8) is 0 Å². The van der Waals surface area contributed by atoms with Crippen LogP contribution in [-0.2, 0) is 13.6 Å². The maximum Gasteiger partial charge on any atom is 0.472 e. The van der Waals surface area contributed by atoms with Crippen LogP contribution in [0.3, 0.4) is 0 Å². The molecule has 0 bridgehead atoms. The summed E-state index contributed by atoms with van der Waals surface area (Å²) in [7, 11) is -3.10. The fraction of sp³-hybridized carbons (Fsp3) is 0.435. The molecule has 0 aliphatic rings. The number of pyridine rings is 1. The molecule has 2 aromatic rings. The number of aryl methyl sites for hydroxylation is 1. The number of aromatic nitrogens is 3. The first-order chi connectivity index (χ1) is 15.2. The van der Waals surface area contributed by atoms with Gasteiger partial charge in [0.15, 0.2) is 11.5 Å². The number of hydrogen-bond donors (Lipinski definition) is 1. The molecule has 0 radical (unpaired) electrons. The lowest BCUT2D eigenvalue weighted by Crippen LogP contribution is -2.11. The molecule has 2 atom stereocenters. The van der Waals surface area contributed by atoms with Gasteiger partial charge >= 0.3 is 7.82 Å². The summed E-state index contributed by atoms with van der Waals surface area (Å²) in [5.41, 5.74) is 4.40. The first kappa shape index (κ1) is 27.5. The Bertz CT molecular complexity index is 1070. The van der Waals surface area contributed by atoms with Crippen LogP contribution in [0.15, 0.2) is 35.9 Å². The topological polar surface area (TPSA) is 110 Å². The molecule has 2 rings (SSSR count). The molecule has 0 saturated heterocycles. The predicted molar refractivity (Wildman–Crippen MR) is 126 cm³/mol. The summed E-state index contributed by atoms with van der Waals surface area (Å²) in [6.45, 7) is 13.5. The zero-order chi connectivity index (χ0) is 24.5. The van der Waals surface area contributed by atoms with Gasteiger partial charge in [-0.3, -0.25) is 9.05 Å². The standard InChI is InChI=1S/C21H27N4O4P.C2H6/c1-7-9-14(3)18(8-2)20-11-10-19(16(5)29-30(26,27)28-6)21(23-20)25-15(4)12-17(13-22)24-25;1-2/h7,9-12,16H,8H2,1-6H3,(H,26,27);1-2H3/b9-7-,18-14-;. The van der Waals surface area contributed by atoms with Crippen LogP contribution in [0.1, 0.15) is 76.7 Å². The molecule has 2 aromatic heterocycles. The number of nitriles is 1. The molecule has 0 aliphatic heterocycles. The number of hydrogen-bond acceptors (Lipinski definition) is 6. The largest absolute Gasteiger partial charge is 0.472 e. The Balaban J connectivity index is 0.00000249. The molecule has 8 nitrogen and oxygen atoms in total.